The van der Waals surface area contributed by atoms with Gasteiger partial charge in [-0.05, 0) is 26.3 Å². The van der Waals surface area contributed by atoms with E-state index in [1.807, 2.05) is 6.92 Å². The lowest BCUT2D eigenvalue weighted by molar-refractivity contribution is 0.897. The van der Waals surface area contributed by atoms with Gasteiger partial charge in [0.2, 0.25) is 4.96 Å². The van der Waals surface area contributed by atoms with Gasteiger partial charge in [0.15, 0.2) is 5.82 Å². The summed E-state index contributed by atoms with van der Waals surface area (Å²) < 4.78 is 1.79. The fraction of sp³-hybridized carbons (Fsp3) is 0.250. The Kier molecular flexibility index (Phi) is 2.22. The van der Waals surface area contributed by atoms with Crippen LogP contribution in [0.15, 0.2) is 18.2 Å². The molecule has 0 spiro atoms. The SMILES string of the molecule is Cc1ccc(-c2nn3c(C)nnc3s2)c(C)c1. The first-order valence-electron chi connectivity index (χ1n) is 5.41. The summed E-state index contributed by atoms with van der Waals surface area (Å²) in [7, 11) is 0. The molecule has 0 fully saturated rings. The fourth-order valence-corrected chi connectivity index (χ4v) is 2.85. The molecule has 0 amide bonds. The van der Waals surface area contributed by atoms with Crippen molar-refractivity contribution in [2.45, 2.75) is 20.8 Å². The van der Waals surface area contributed by atoms with Crippen molar-refractivity contribution in [3.05, 3.63) is 35.2 Å². The zero-order chi connectivity index (χ0) is 12.0. The van der Waals surface area contributed by atoms with E-state index < -0.39 is 0 Å². The van der Waals surface area contributed by atoms with E-state index in [0.717, 1.165) is 15.8 Å². The molecule has 2 aromatic heterocycles. The molecule has 0 unspecified atom stereocenters. The van der Waals surface area contributed by atoms with Crippen LogP contribution in [0.1, 0.15) is 17.0 Å². The van der Waals surface area contributed by atoms with Crippen molar-refractivity contribution < 1.29 is 0 Å². The highest BCUT2D eigenvalue weighted by Gasteiger charge is 2.11. The summed E-state index contributed by atoms with van der Waals surface area (Å²) in [6, 6.07) is 6.40. The summed E-state index contributed by atoms with van der Waals surface area (Å²) in [4.78, 5) is 0.845. The second kappa shape index (κ2) is 3.63. The first kappa shape index (κ1) is 10.4. The van der Waals surface area contributed by atoms with Gasteiger partial charge in [-0.2, -0.15) is 9.61 Å². The number of aryl methyl sites for hydroxylation is 3. The highest BCUT2D eigenvalue weighted by atomic mass is 32.1. The number of aromatic nitrogens is 4. The zero-order valence-electron chi connectivity index (χ0n) is 9.93. The topological polar surface area (TPSA) is 43.1 Å². The first-order chi connectivity index (χ1) is 8.15. The molecule has 0 radical (unpaired) electrons. The molecule has 0 aliphatic carbocycles. The first-order valence-corrected chi connectivity index (χ1v) is 6.23. The van der Waals surface area contributed by atoms with Crippen LogP contribution in [0.5, 0.6) is 0 Å². The van der Waals surface area contributed by atoms with Crippen LogP contribution in [-0.4, -0.2) is 19.8 Å². The molecule has 0 bridgehead atoms. The third-order valence-corrected chi connectivity index (χ3v) is 3.69. The van der Waals surface area contributed by atoms with Crippen LogP contribution in [0.3, 0.4) is 0 Å². The van der Waals surface area contributed by atoms with Crippen molar-refractivity contribution in [2.24, 2.45) is 0 Å². The summed E-state index contributed by atoms with van der Waals surface area (Å²) >= 11 is 1.57. The molecular weight excluding hydrogens is 232 g/mol. The smallest absolute Gasteiger partial charge is 0.187 e. The van der Waals surface area contributed by atoms with E-state index in [0.29, 0.717) is 0 Å². The van der Waals surface area contributed by atoms with Crippen LogP contribution in [0.2, 0.25) is 0 Å². The summed E-state index contributed by atoms with van der Waals surface area (Å²) in [5.41, 5.74) is 3.68. The molecule has 0 aliphatic rings. The van der Waals surface area contributed by atoms with Crippen LogP contribution in [0.4, 0.5) is 0 Å². The van der Waals surface area contributed by atoms with Gasteiger partial charge >= 0.3 is 0 Å². The minimum atomic E-state index is 0.826. The standard InChI is InChI=1S/C12H12N4S/c1-7-4-5-10(8(2)6-7)11-15-16-9(3)13-14-12(16)17-11/h4-6H,1-3H3. The lowest BCUT2D eigenvalue weighted by atomic mass is 10.1. The van der Waals surface area contributed by atoms with Crippen molar-refractivity contribution in [3.63, 3.8) is 0 Å². The molecule has 3 aromatic rings. The maximum Gasteiger partial charge on any atom is 0.234 e. The summed E-state index contributed by atoms with van der Waals surface area (Å²) in [5, 5.41) is 13.6. The average molecular weight is 244 g/mol. The maximum atomic E-state index is 4.54. The van der Waals surface area contributed by atoms with Crippen molar-refractivity contribution in [1.82, 2.24) is 19.8 Å². The Morgan fingerprint density at radius 3 is 2.65 bits per heavy atom. The predicted octanol–water partition coefficient (Wildman–Crippen LogP) is 2.78. The molecule has 0 aliphatic heterocycles. The number of hydrogen-bond donors (Lipinski definition) is 0. The van der Waals surface area contributed by atoms with Gasteiger partial charge in [0.25, 0.3) is 0 Å². The largest absolute Gasteiger partial charge is 0.234 e. The van der Waals surface area contributed by atoms with Crippen LogP contribution in [0.25, 0.3) is 15.5 Å². The quantitative estimate of drug-likeness (QED) is 0.661. The number of benzene rings is 1. The van der Waals surface area contributed by atoms with Gasteiger partial charge in [-0.15, -0.1) is 10.2 Å². The zero-order valence-corrected chi connectivity index (χ0v) is 10.7. The van der Waals surface area contributed by atoms with Gasteiger partial charge in [0.1, 0.15) is 5.01 Å². The van der Waals surface area contributed by atoms with E-state index in [9.17, 15) is 0 Å². The van der Waals surface area contributed by atoms with Crippen LogP contribution < -0.4 is 0 Å². The molecule has 0 atom stereocenters. The lowest BCUT2D eigenvalue weighted by Crippen LogP contribution is -1.90. The molecule has 2 heterocycles. The molecule has 4 nitrogen and oxygen atoms in total. The molecule has 86 valence electrons. The van der Waals surface area contributed by atoms with Crippen LogP contribution in [0, 0.1) is 20.8 Å². The van der Waals surface area contributed by atoms with E-state index in [1.54, 1.807) is 15.9 Å². The van der Waals surface area contributed by atoms with Gasteiger partial charge in [0.05, 0.1) is 0 Å². The fourth-order valence-electron chi connectivity index (χ4n) is 1.88. The Bertz CT molecular complexity index is 696. The van der Waals surface area contributed by atoms with Crippen LogP contribution in [-0.2, 0) is 0 Å². The van der Waals surface area contributed by atoms with Crippen molar-refractivity contribution >= 4 is 16.3 Å². The molecule has 1 aromatic carbocycles. The Morgan fingerprint density at radius 1 is 1.12 bits per heavy atom. The van der Waals surface area contributed by atoms with E-state index in [-0.39, 0.29) is 0 Å². The normalized spacial score (nSPS) is 11.2. The molecule has 3 rings (SSSR count). The third-order valence-electron chi connectivity index (χ3n) is 2.76. The van der Waals surface area contributed by atoms with E-state index in [2.05, 4.69) is 47.3 Å². The number of hydrogen-bond acceptors (Lipinski definition) is 4. The number of rotatable bonds is 1. The van der Waals surface area contributed by atoms with Gasteiger partial charge in [-0.3, -0.25) is 0 Å². The second-order valence-electron chi connectivity index (χ2n) is 4.17. The summed E-state index contributed by atoms with van der Waals surface area (Å²) in [6.07, 6.45) is 0. The minimum absolute atomic E-state index is 0.826. The minimum Gasteiger partial charge on any atom is -0.187 e. The Hall–Kier alpha value is -1.75. The van der Waals surface area contributed by atoms with Gasteiger partial charge < -0.3 is 0 Å². The van der Waals surface area contributed by atoms with Crippen LogP contribution >= 0.6 is 11.3 Å². The van der Waals surface area contributed by atoms with Gasteiger partial charge in [0, 0.05) is 5.56 Å². The molecule has 0 saturated carbocycles. The monoisotopic (exact) mass is 244 g/mol. The highest BCUT2D eigenvalue weighted by molar-refractivity contribution is 7.19. The lowest BCUT2D eigenvalue weighted by Gasteiger charge is -2.02. The predicted molar refractivity (Wildman–Crippen MR) is 68.3 cm³/mol. The molecular formula is C12H12N4S. The number of nitrogens with zero attached hydrogens (tertiary/aromatic N) is 4. The maximum absolute atomic E-state index is 4.54. The molecule has 0 saturated heterocycles. The molecule has 17 heavy (non-hydrogen) atoms. The van der Waals surface area contributed by atoms with E-state index in [4.69, 9.17) is 0 Å². The third kappa shape index (κ3) is 1.63. The van der Waals surface area contributed by atoms with E-state index in [1.165, 1.54) is 16.7 Å². The second-order valence-corrected chi connectivity index (χ2v) is 5.12. The molecule has 0 N–H and O–H groups in total. The average Bonchev–Trinajstić information content (AvgIpc) is 2.81. The Morgan fingerprint density at radius 2 is 1.94 bits per heavy atom. The summed E-state index contributed by atoms with van der Waals surface area (Å²) in [6.45, 7) is 6.11. The number of fused-ring (bicyclic) bond motifs is 1. The van der Waals surface area contributed by atoms with Crippen molar-refractivity contribution in [2.75, 3.05) is 0 Å². The van der Waals surface area contributed by atoms with Gasteiger partial charge in [-0.1, -0.05) is 35.1 Å². The summed E-state index contributed by atoms with van der Waals surface area (Å²) in [5.74, 6) is 0.826. The molecule has 5 heteroatoms. The highest BCUT2D eigenvalue weighted by Crippen LogP contribution is 2.28. The van der Waals surface area contributed by atoms with Crippen molar-refractivity contribution in [1.29, 1.82) is 0 Å². The van der Waals surface area contributed by atoms with E-state index >= 15 is 0 Å². The Labute approximate surface area is 103 Å². The van der Waals surface area contributed by atoms with Gasteiger partial charge in [-0.25, -0.2) is 0 Å². The Balaban J connectivity index is 2.20. The van der Waals surface area contributed by atoms with Crippen molar-refractivity contribution in [3.8, 4) is 10.6 Å².